The summed E-state index contributed by atoms with van der Waals surface area (Å²) in [4.78, 5) is 29.2. The van der Waals surface area contributed by atoms with Gasteiger partial charge in [-0.3, -0.25) is 9.59 Å². The number of anilines is 1. The zero-order valence-electron chi connectivity index (χ0n) is 15.7. The molecular formula is C22H16Cl2N2O3S. The number of furan rings is 1. The van der Waals surface area contributed by atoms with Crippen molar-refractivity contribution in [2.75, 3.05) is 17.2 Å². The predicted molar refractivity (Wildman–Crippen MR) is 118 cm³/mol. The molecule has 0 N–H and O–H groups in total. The maximum Gasteiger partial charge on any atom is 0.291 e. The molecule has 2 aliphatic heterocycles. The van der Waals surface area contributed by atoms with Crippen LogP contribution in [0, 0.1) is 0 Å². The second-order valence-electron chi connectivity index (χ2n) is 7.07. The van der Waals surface area contributed by atoms with Crippen LogP contribution in [-0.2, 0) is 16.2 Å². The van der Waals surface area contributed by atoms with Crippen molar-refractivity contribution in [2.24, 2.45) is 0 Å². The Labute approximate surface area is 187 Å². The van der Waals surface area contributed by atoms with E-state index < -0.39 is 4.87 Å². The topological polar surface area (TPSA) is 53.8 Å². The number of fused-ring (bicyclic) bond motifs is 2. The van der Waals surface area contributed by atoms with Crippen LogP contribution < -0.4 is 4.90 Å². The quantitative estimate of drug-likeness (QED) is 0.542. The fourth-order valence-corrected chi connectivity index (χ4v) is 5.89. The summed E-state index contributed by atoms with van der Waals surface area (Å²) >= 11 is 14.1. The molecule has 8 heteroatoms. The maximum absolute atomic E-state index is 13.9. The van der Waals surface area contributed by atoms with Gasteiger partial charge in [-0.25, -0.2) is 0 Å². The lowest BCUT2D eigenvalue weighted by molar-refractivity contribution is -0.123. The lowest BCUT2D eigenvalue weighted by Gasteiger charge is -2.32. The van der Waals surface area contributed by atoms with E-state index in [0.29, 0.717) is 28.9 Å². The van der Waals surface area contributed by atoms with Gasteiger partial charge in [0.15, 0.2) is 10.6 Å². The number of carbonyl (C=O) groups excluding carboxylic acids is 2. The molecule has 3 heterocycles. The normalized spacial score (nSPS) is 20.3. The Morgan fingerprint density at radius 3 is 2.73 bits per heavy atom. The molecule has 0 radical (unpaired) electrons. The number of hydrogen-bond donors (Lipinski definition) is 0. The van der Waals surface area contributed by atoms with Crippen LogP contribution in [-0.4, -0.2) is 29.0 Å². The lowest BCUT2D eigenvalue weighted by Crippen LogP contribution is -2.50. The van der Waals surface area contributed by atoms with Gasteiger partial charge < -0.3 is 14.2 Å². The largest absolute Gasteiger partial charge is 0.459 e. The Morgan fingerprint density at radius 2 is 1.97 bits per heavy atom. The van der Waals surface area contributed by atoms with Crippen LogP contribution in [0.25, 0.3) is 0 Å². The summed E-state index contributed by atoms with van der Waals surface area (Å²) in [7, 11) is 0. The fourth-order valence-electron chi connectivity index (χ4n) is 4.07. The molecule has 0 bridgehead atoms. The minimum Gasteiger partial charge on any atom is -0.459 e. The van der Waals surface area contributed by atoms with Crippen LogP contribution in [0.4, 0.5) is 5.69 Å². The van der Waals surface area contributed by atoms with Gasteiger partial charge in [-0.2, -0.15) is 0 Å². The molecule has 3 aromatic rings. The van der Waals surface area contributed by atoms with E-state index in [1.165, 1.54) is 18.0 Å². The molecule has 2 aliphatic rings. The predicted octanol–water partition coefficient (Wildman–Crippen LogP) is 5.18. The van der Waals surface area contributed by atoms with Crippen molar-refractivity contribution >= 4 is 52.5 Å². The first-order valence-corrected chi connectivity index (χ1v) is 11.1. The van der Waals surface area contributed by atoms with Crippen LogP contribution in [0.15, 0.2) is 65.3 Å². The van der Waals surface area contributed by atoms with Gasteiger partial charge in [0.2, 0.25) is 0 Å². The Morgan fingerprint density at radius 1 is 1.13 bits per heavy atom. The third kappa shape index (κ3) is 2.86. The van der Waals surface area contributed by atoms with Crippen molar-refractivity contribution < 1.29 is 14.0 Å². The van der Waals surface area contributed by atoms with E-state index >= 15 is 0 Å². The lowest BCUT2D eigenvalue weighted by atomic mass is 10.1. The highest BCUT2D eigenvalue weighted by Crippen LogP contribution is 2.55. The van der Waals surface area contributed by atoms with Crippen LogP contribution >= 0.6 is 35.0 Å². The number of benzene rings is 2. The van der Waals surface area contributed by atoms with E-state index in [0.717, 1.165) is 16.8 Å². The van der Waals surface area contributed by atoms with Crippen molar-refractivity contribution in [3.8, 4) is 0 Å². The molecule has 30 heavy (non-hydrogen) atoms. The average molecular weight is 459 g/mol. The van der Waals surface area contributed by atoms with Gasteiger partial charge in [-0.1, -0.05) is 41.4 Å². The zero-order chi connectivity index (χ0) is 20.9. The van der Waals surface area contributed by atoms with E-state index in [4.69, 9.17) is 27.6 Å². The first-order chi connectivity index (χ1) is 14.5. The average Bonchev–Trinajstić information content (AvgIpc) is 3.47. The summed E-state index contributed by atoms with van der Waals surface area (Å²) in [6, 6.07) is 16.1. The van der Waals surface area contributed by atoms with E-state index in [-0.39, 0.29) is 17.6 Å². The number of hydrogen-bond acceptors (Lipinski definition) is 4. The number of halogens is 2. The number of carbonyl (C=O) groups is 2. The molecule has 1 spiro atoms. The Bertz CT molecular complexity index is 1150. The van der Waals surface area contributed by atoms with Crippen molar-refractivity contribution in [3.05, 3.63) is 87.8 Å². The summed E-state index contributed by atoms with van der Waals surface area (Å²) in [5, 5.41) is 1.10. The minimum atomic E-state index is -1.18. The van der Waals surface area contributed by atoms with Gasteiger partial charge in [0.1, 0.15) is 0 Å². The monoisotopic (exact) mass is 458 g/mol. The second kappa shape index (κ2) is 7.38. The molecule has 5 nitrogen and oxygen atoms in total. The third-order valence-electron chi connectivity index (χ3n) is 5.42. The maximum atomic E-state index is 13.9. The van der Waals surface area contributed by atoms with E-state index in [9.17, 15) is 9.59 Å². The highest BCUT2D eigenvalue weighted by atomic mass is 35.5. The molecule has 2 aromatic carbocycles. The van der Waals surface area contributed by atoms with Crippen LogP contribution in [0.2, 0.25) is 10.0 Å². The summed E-state index contributed by atoms with van der Waals surface area (Å²) in [6.45, 7) is 0.736. The smallest absolute Gasteiger partial charge is 0.291 e. The standard InChI is InChI=1S/C22H16Cl2N2O3S/c23-15-7-8-18-16(12-15)22(21(28)25(18)13-14-4-1-2-5-17(14)24)26(9-11-30-22)20(27)19-6-3-10-29-19/h1-8,10,12H,9,11,13H2. The highest BCUT2D eigenvalue weighted by molar-refractivity contribution is 8.01. The van der Waals surface area contributed by atoms with Crippen LogP contribution in [0.5, 0.6) is 0 Å². The number of rotatable bonds is 3. The molecule has 1 unspecified atom stereocenters. The first-order valence-electron chi connectivity index (χ1n) is 9.37. The Balaban J connectivity index is 1.62. The van der Waals surface area contributed by atoms with E-state index in [1.54, 1.807) is 40.1 Å². The highest BCUT2D eigenvalue weighted by Gasteiger charge is 2.59. The molecule has 152 valence electrons. The summed E-state index contributed by atoms with van der Waals surface area (Å²) in [6.07, 6.45) is 1.45. The fraction of sp³-hybridized carbons (Fsp3) is 0.182. The second-order valence-corrected chi connectivity index (χ2v) is 9.20. The van der Waals surface area contributed by atoms with Crippen molar-refractivity contribution in [2.45, 2.75) is 11.4 Å². The summed E-state index contributed by atoms with van der Waals surface area (Å²) in [5.74, 6) is 0.341. The minimum absolute atomic E-state index is 0.179. The van der Waals surface area contributed by atoms with Crippen LogP contribution in [0.3, 0.4) is 0 Å². The molecule has 5 rings (SSSR count). The third-order valence-corrected chi connectivity index (χ3v) is 7.44. The van der Waals surface area contributed by atoms with Crippen molar-refractivity contribution in [1.82, 2.24) is 4.90 Å². The first kappa shape index (κ1) is 19.5. The van der Waals surface area contributed by atoms with Crippen molar-refractivity contribution in [1.29, 1.82) is 0 Å². The summed E-state index contributed by atoms with van der Waals surface area (Å²) < 4.78 is 5.33. The van der Waals surface area contributed by atoms with Gasteiger partial charge in [0.25, 0.3) is 11.8 Å². The zero-order valence-corrected chi connectivity index (χ0v) is 18.0. The summed E-state index contributed by atoms with van der Waals surface area (Å²) in [5.41, 5.74) is 2.28. The molecule has 2 amide bonds. The molecule has 0 aliphatic carbocycles. The van der Waals surface area contributed by atoms with E-state index in [1.807, 2.05) is 24.3 Å². The van der Waals surface area contributed by atoms with Gasteiger partial charge in [-0.05, 0) is 42.0 Å². The molecule has 1 fully saturated rings. The Kier molecular flexibility index (Phi) is 4.81. The molecular weight excluding hydrogens is 443 g/mol. The molecule has 0 saturated carbocycles. The van der Waals surface area contributed by atoms with Gasteiger partial charge in [0, 0.05) is 27.9 Å². The van der Waals surface area contributed by atoms with Gasteiger partial charge in [0.05, 0.1) is 18.5 Å². The van der Waals surface area contributed by atoms with Crippen molar-refractivity contribution in [3.63, 3.8) is 0 Å². The van der Waals surface area contributed by atoms with Crippen LogP contribution in [0.1, 0.15) is 21.7 Å². The van der Waals surface area contributed by atoms with E-state index in [2.05, 4.69) is 0 Å². The Hall–Kier alpha value is -2.41. The molecule has 1 atom stereocenters. The number of thioether (sulfide) groups is 1. The number of amides is 2. The van der Waals surface area contributed by atoms with Gasteiger partial charge >= 0.3 is 0 Å². The molecule has 1 saturated heterocycles. The van der Waals surface area contributed by atoms with Gasteiger partial charge in [-0.15, -0.1) is 11.8 Å². The molecule has 1 aromatic heterocycles. The number of nitrogens with zero attached hydrogens (tertiary/aromatic N) is 2. The SMILES string of the molecule is O=C(c1ccco1)N1CCSC12C(=O)N(Cc1ccccc1Cl)c1ccc(Cl)cc12.